The Bertz CT molecular complexity index is 316. The van der Waals surface area contributed by atoms with E-state index in [4.69, 9.17) is 5.73 Å². The zero-order chi connectivity index (χ0) is 12.8. The summed E-state index contributed by atoms with van der Waals surface area (Å²) in [6.07, 6.45) is 1.09. The van der Waals surface area contributed by atoms with E-state index >= 15 is 0 Å². The highest BCUT2D eigenvalue weighted by Crippen LogP contribution is 2.20. The van der Waals surface area contributed by atoms with Crippen molar-refractivity contribution in [1.82, 2.24) is 4.90 Å². The van der Waals surface area contributed by atoms with Crippen molar-refractivity contribution in [3.63, 3.8) is 0 Å². The lowest BCUT2D eigenvalue weighted by atomic mass is 10.0. The minimum absolute atomic E-state index is 0.336. The minimum Gasteiger partial charge on any atom is -0.329 e. The average Bonchev–Trinajstić information content (AvgIpc) is 2.30. The van der Waals surface area contributed by atoms with Gasteiger partial charge in [-0.05, 0) is 30.5 Å². The SMILES string of the molecule is CCc1ccc(C(CN)N(C)CC(C)C)cc1. The van der Waals surface area contributed by atoms with Crippen molar-refractivity contribution in [2.24, 2.45) is 11.7 Å². The van der Waals surface area contributed by atoms with E-state index in [0.29, 0.717) is 18.5 Å². The summed E-state index contributed by atoms with van der Waals surface area (Å²) in [5, 5.41) is 0. The van der Waals surface area contributed by atoms with Gasteiger partial charge in [-0.25, -0.2) is 0 Å². The highest BCUT2D eigenvalue weighted by atomic mass is 15.1. The van der Waals surface area contributed by atoms with E-state index in [1.165, 1.54) is 11.1 Å². The molecule has 0 radical (unpaired) electrons. The van der Waals surface area contributed by atoms with Gasteiger partial charge in [-0.1, -0.05) is 45.0 Å². The van der Waals surface area contributed by atoms with Crippen molar-refractivity contribution in [3.05, 3.63) is 35.4 Å². The van der Waals surface area contributed by atoms with Gasteiger partial charge < -0.3 is 5.73 Å². The largest absolute Gasteiger partial charge is 0.329 e. The molecule has 0 fully saturated rings. The average molecular weight is 234 g/mol. The van der Waals surface area contributed by atoms with E-state index in [1.807, 2.05) is 0 Å². The summed E-state index contributed by atoms with van der Waals surface area (Å²) in [7, 11) is 2.16. The number of hydrogen-bond donors (Lipinski definition) is 1. The van der Waals surface area contributed by atoms with Gasteiger partial charge in [-0.15, -0.1) is 0 Å². The molecule has 1 aromatic rings. The van der Waals surface area contributed by atoms with Crippen LogP contribution in [0.3, 0.4) is 0 Å². The Morgan fingerprint density at radius 1 is 1.18 bits per heavy atom. The lowest BCUT2D eigenvalue weighted by Crippen LogP contribution is -2.33. The van der Waals surface area contributed by atoms with Crippen LogP contribution < -0.4 is 5.73 Å². The summed E-state index contributed by atoms with van der Waals surface area (Å²) in [5.41, 5.74) is 8.62. The van der Waals surface area contributed by atoms with E-state index < -0.39 is 0 Å². The molecule has 2 N–H and O–H groups in total. The zero-order valence-corrected chi connectivity index (χ0v) is 11.6. The van der Waals surface area contributed by atoms with Crippen LogP contribution in [0.15, 0.2) is 24.3 Å². The molecule has 0 saturated heterocycles. The van der Waals surface area contributed by atoms with E-state index in [1.54, 1.807) is 0 Å². The van der Waals surface area contributed by atoms with E-state index in [0.717, 1.165) is 13.0 Å². The first-order valence-electron chi connectivity index (χ1n) is 6.57. The minimum atomic E-state index is 0.336. The molecule has 0 aliphatic rings. The van der Waals surface area contributed by atoms with Crippen LogP contribution in [0.2, 0.25) is 0 Å². The Hall–Kier alpha value is -0.860. The first-order chi connectivity index (χ1) is 8.08. The summed E-state index contributed by atoms with van der Waals surface area (Å²) in [6.45, 7) is 8.42. The van der Waals surface area contributed by atoms with Crippen molar-refractivity contribution in [1.29, 1.82) is 0 Å². The summed E-state index contributed by atoms with van der Waals surface area (Å²) < 4.78 is 0. The van der Waals surface area contributed by atoms with Gasteiger partial charge in [-0.2, -0.15) is 0 Å². The van der Waals surface area contributed by atoms with E-state index in [2.05, 4.69) is 57.0 Å². The fraction of sp³-hybridized carbons (Fsp3) is 0.600. The monoisotopic (exact) mass is 234 g/mol. The molecule has 0 aliphatic carbocycles. The van der Waals surface area contributed by atoms with Crippen LogP contribution in [0, 0.1) is 5.92 Å². The van der Waals surface area contributed by atoms with Gasteiger partial charge in [0.1, 0.15) is 0 Å². The Morgan fingerprint density at radius 2 is 1.76 bits per heavy atom. The van der Waals surface area contributed by atoms with Crippen LogP contribution in [-0.4, -0.2) is 25.0 Å². The Balaban J connectivity index is 2.77. The molecule has 2 heteroatoms. The molecular formula is C15H26N2. The molecule has 0 heterocycles. The third-order valence-corrected chi connectivity index (χ3v) is 3.18. The molecular weight excluding hydrogens is 208 g/mol. The Morgan fingerprint density at radius 3 is 2.18 bits per heavy atom. The number of nitrogens with two attached hydrogens (primary N) is 1. The van der Waals surface area contributed by atoms with Gasteiger partial charge in [-0.3, -0.25) is 4.90 Å². The second-order valence-electron chi connectivity index (χ2n) is 5.18. The quantitative estimate of drug-likeness (QED) is 0.820. The molecule has 0 bridgehead atoms. The van der Waals surface area contributed by atoms with Gasteiger partial charge >= 0.3 is 0 Å². The van der Waals surface area contributed by atoms with Crippen LogP contribution >= 0.6 is 0 Å². The molecule has 1 atom stereocenters. The maximum absolute atomic E-state index is 5.91. The van der Waals surface area contributed by atoms with Gasteiger partial charge in [0.25, 0.3) is 0 Å². The lowest BCUT2D eigenvalue weighted by molar-refractivity contribution is 0.223. The van der Waals surface area contributed by atoms with Crippen molar-refractivity contribution in [2.75, 3.05) is 20.1 Å². The molecule has 0 amide bonds. The molecule has 0 aromatic heterocycles. The van der Waals surface area contributed by atoms with E-state index in [-0.39, 0.29) is 0 Å². The Kier molecular flexibility index (Phi) is 5.66. The van der Waals surface area contributed by atoms with Crippen LogP contribution in [0.5, 0.6) is 0 Å². The number of aryl methyl sites for hydroxylation is 1. The van der Waals surface area contributed by atoms with Gasteiger partial charge in [0.15, 0.2) is 0 Å². The number of rotatable bonds is 6. The van der Waals surface area contributed by atoms with Crippen LogP contribution in [-0.2, 0) is 6.42 Å². The molecule has 1 unspecified atom stereocenters. The maximum atomic E-state index is 5.91. The van der Waals surface area contributed by atoms with Gasteiger partial charge in [0, 0.05) is 19.1 Å². The number of benzene rings is 1. The molecule has 96 valence electrons. The predicted octanol–water partition coefficient (Wildman–Crippen LogP) is 2.84. The molecule has 0 aliphatic heterocycles. The predicted molar refractivity (Wildman–Crippen MR) is 75.1 cm³/mol. The van der Waals surface area contributed by atoms with Crippen molar-refractivity contribution in [3.8, 4) is 0 Å². The zero-order valence-electron chi connectivity index (χ0n) is 11.6. The van der Waals surface area contributed by atoms with Crippen molar-refractivity contribution >= 4 is 0 Å². The normalized spacial score (nSPS) is 13.4. The van der Waals surface area contributed by atoms with Crippen LogP contribution in [0.1, 0.15) is 37.9 Å². The van der Waals surface area contributed by atoms with Crippen LogP contribution in [0.4, 0.5) is 0 Å². The third-order valence-electron chi connectivity index (χ3n) is 3.18. The molecule has 0 spiro atoms. The smallest absolute Gasteiger partial charge is 0.0467 e. The van der Waals surface area contributed by atoms with Gasteiger partial charge in [0.2, 0.25) is 0 Å². The second-order valence-corrected chi connectivity index (χ2v) is 5.18. The number of hydrogen-bond acceptors (Lipinski definition) is 2. The molecule has 1 aromatic carbocycles. The third kappa shape index (κ3) is 4.14. The van der Waals surface area contributed by atoms with Gasteiger partial charge in [0.05, 0.1) is 0 Å². The molecule has 17 heavy (non-hydrogen) atoms. The standard InChI is InChI=1S/C15H26N2/c1-5-13-6-8-14(9-7-13)15(10-16)17(4)11-12(2)3/h6-9,12,15H,5,10-11,16H2,1-4H3. The highest BCUT2D eigenvalue weighted by molar-refractivity contribution is 5.25. The van der Waals surface area contributed by atoms with E-state index in [9.17, 15) is 0 Å². The first-order valence-corrected chi connectivity index (χ1v) is 6.57. The summed E-state index contributed by atoms with van der Waals surface area (Å²) in [6, 6.07) is 9.19. The fourth-order valence-electron chi connectivity index (χ4n) is 2.25. The molecule has 2 nitrogen and oxygen atoms in total. The first kappa shape index (κ1) is 14.2. The Labute approximate surface area is 106 Å². The van der Waals surface area contributed by atoms with Crippen LogP contribution in [0.25, 0.3) is 0 Å². The maximum Gasteiger partial charge on any atom is 0.0467 e. The number of likely N-dealkylation sites (N-methyl/N-ethyl adjacent to an activating group) is 1. The second kappa shape index (κ2) is 6.77. The number of nitrogens with zero attached hydrogens (tertiary/aromatic N) is 1. The summed E-state index contributed by atoms with van der Waals surface area (Å²) >= 11 is 0. The van der Waals surface area contributed by atoms with Crippen molar-refractivity contribution in [2.45, 2.75) is 33.2 Å². The van der Waals surface area contributed by atoms with Crippen molar-refractivity contribution < 1.29 is 0 Å². The molecule has 1 rings (SSSR count). The fourth-order valence-corrected chi connectivity index (χ4v) is 2.25. The summed E-state index contributed by atoms with van der Waals surface area (Å²) in [4.78, 5) is 2.35. The lowest BCUT2D eigenvalue weighted by Gasteiger charge is -2.29. The topological polar surface area (TPSA) is 29.3 Å². The summed E-state index contributed by atoms with van der Waals surface area (Å²) in [5.74, 6) is 0.670. The molecule has 0 saturated carbocycles. The highest BCUT2D eigenvalue weighted by Gasteiger charge is 2.15.